The van der Waals surface area contributed by atoms with Crippen LogP contribution in [0.3, 0.4) is 0 Å². The molecule has 1 aromatic heterocycles. The van der Waals surface area contributed by atoms with E-state index in [-0.39, 0.29) is 25.2 Å². The van der Waals surface area contributed by atoms with Crippen LogP contribution < -0.4 is 10.6 Å². The molecule has 0 spiro atoms. The van der Waals surface area contributed by atoms with E-state index in [1.807, 2.05) is 54.6 Å². The molecule has 0 saturated carbocycles. The molecule has 3 aromatic carbocycles. The number of hydrogen-bond donors (Lipinski definition) is 4. The number of rotatable bonds is 10. The van der Waals surface area contributed by atoms with Gasteiger partial charge in [-0.3, -0.25) is 4.79 Å². The summed E-state index contributed by atoms with van der Waals surface area (Å²) in [6, 6.07) is 21.1. The number of methoxy groups -OCH3 is 1. The number of phenolic OH excluding ortho intramolecular Hbond substituents is 1. The number of H-pyrrole nitrogens is 1. The Bertz CT molecular complexity index is 1380. The Morgan fingerprint density at radius 1 is 0.842 bits per heavy atom. The molecule has 1 heterocycles. The van der Waals surface area contributed by atoms with Crippen LogP contribution in [-0.2, 0) is 38.5 Å². The van der Waals surface area contributed by atoms with Crippen molar-refractivity contribution in [1.29, 1.82) is 0 Å². The van der Waals surface area contributed by atoms with E-state index in [0.29, 0.717) is 5.56 Å². The van der Waals surface area contributed by atoms with E-state index in [4.69, 9.17) is 9.47 Å². The molecule has 2 atom stereocenters. The zero-order chi connectivity index (χ0) is 26.9. The number of amides is 2. The van der Waals surface area contributed by atoms with Gasteiger partial charge >= 0.3 is 12.1 Å². The number of phenols is 1. The highest BCUT2D eigenvalue weighted by molar-refractivity contribution is 5.91. The van der Waals surface area contributed by atoms with Crippen molar-refractivity contribution >= 4 is 28.9 Å². The van der Waals surface area contributed by atoms with E-state index in [0.717, 1.165) is 22.0 Å². The molecular formula is C29H29N3O6. The number of hydrogen-bond acceptors (Lipinski definition) is 6. The van der Waals surface area contributed by atoms with Crippen LogP contribution in [0.4, 0.5) is 4.79 Å². The maximum atomic E-state index is 13.5. The third-order valence-corrected chi connectivity index (χ3v) is 6.10. The highest BCUT2D eigenvalue weighted by atomic mass is 16.5. The van der Waals surface area contributed by atoms with Gasteiger partial charge in [-0.05, 0) is 34.9 Å². The zero-order valence-corrected chi connectivity index (χ0v) is 20.8. The molecule has 4 aromatic rings. The molecule has 0 fully saturated rings. The van der Waals surface area contributed by atoms with Crippen molar-refractivity contribution in [2.24, 2.45) is 0 Å². The fourth-order valence-corrected chi connectivity index (χ4v) is 4.11. The molecule has 9 nitrogen and oxygen atoms in total. The summed E-state index contributed by atoms with van der Waals surface area (Å²) in [5.41, 5.74) is 3.23. The SMILES string of the molecule is COC(=O)C(Cc1ccc(O)cc1)NC(=O)C(Cc1c[nH]c2ccccc12)NC(=O)OCc1ccccc1. The Balaban J connectivity index is 1.51. The van der Waals surface area contributed by atoms with Gasteiger partial charge in [-0.2, -0.15) is 0 Å². The molecule has 2 unspecified atom stereocenters. The van der Waals surface area contributed by atoms with Gasteiger partial charge in [0.2, 0.25) is 5.91 Å². The van der Waals surface area contributed by atoms with Crippen molar-refractivity contribution < 1.29 is 29.0 Å². The smallest absolute Gasteiger partial charge is 0.408 e. The Hall–Kier alpha value is -4.79. The molecule has 2 amide bonds. The first-order valence-electron chi connectivity index (χ1n) is 12.1. The maximum Gasteiger partial charge on any atom is 0.408 e. The lowest BCUT2D eigenvalue weighted by Crippen LogP contribution is -2.53. The minimum absolute atomic E-state index is 0.0414. The number of alkyl carbamates (subject to hydrolysis) is 1. The van der Waals surface area contributed by atoms with E-state index >= 15 is 0 Å². The van der Waals surface area contributed by atoms with Crippen LogP contribution in [0.5, 0.6) is 5.75 Å². The van der Waals surface area contributed by atoms with E-state index in [2.05, 4.69) is 15.6 Å². The van der Waals surface area contributed by atoms with Crippen molar-refractivity contribution in [3.63, 3.8) is 0 Å². The summed E-state index contributed by atoms with van der Waals surface area (Å²) in [5.74, 6) is -1.12. The molecule has 4 rings (SSSR count). The zero-order valence-electron chi connectivity index (χ0n) is 20.8. The Kier molecular flexibility index (Phi) is 8.61. The average Bonchev–Trinajstić information content (AvgIpc) is 3.35. The summed E-state index contributed by atoms with van der Waals surface area (Å²) in [7, 11) is 1.24. The van der Waals surface area contributed by atoms with Crippen molar-refractivity contribution in [3.05, 3.63) is 102 Å². The molecule has 4 N–H and O–H groups in total. The summed E-state index contributed by atoms with van der Waals surface area (Å²) in [5, 5.41) is 15.8. The predicted molar refractivity (Wildman–Crippen MR) is 141 cm³/mol. The van der Waals surface area contributed by atoms with Gasteiger partial charge in [-0.25, -0.2) is 9.59 Å². The topological polar surface area (TPSA) is 130 Å². The van der Waals surface area contributed by atoms with E-state index in [1.165, 1.54) is 19.2 Å². The van der Waals surface area contributed by atoms with Crippen molar-refractivity contribution in [1.82, 2.24) is 15.6 Å². The first kappa shape index (κ1) is 26.3. The average molecular weight is 516 g/mol. The van der Waals surface area contributed by atoms with Crippen molar-refractivity contribution in [2.75, 3.05) is 7.11 Å². The van der Waals surface area contributed by atoms with E-state index in [9.17, 15) is 19.5 Å². The standard InChI is InChI=1S/C29H29N3O6/c1-37-28(35)26(15-19-11-13-22(33)14-12-19)31-27(34)25(16-21-17-30-24-10-6-5-9-23(21)24)32-29(36)38-18-20-7-3-2-4-8-20/h2-14,17,25-26,30,33H,15-16,18H2,1H3,(H,31,34)(H,32,36). The Labute approximate surface area is 219 Å². The molecule has 0 saturated heterocycles. The maximum absolute atomic E-state index is 13.5. The summed E-state index contributed by atoms with van der Waals surface area (Å²) in [4.78, 5) is 41.8. The Morgan fingerprint density at radius 2 is 1.55 bits per heavy atom. The number of nitrogens with one attached hydrogen (secondary N) is 3. The van der Waals surface area contributed by atoms with Gasteiger partial charge in [0.05, 0.1) is 7.11 Å². The van der Waals surface area contributed by atoms with Crippen LogP contribution in [0.1, 0.15) is 16.7 Å². The fourth-order valence-electron chi connectivity index (χ4n) is 4.11. The van der Waals surface area contributed by atoms with Crippen molar-refractivity contribution in [3.8, 4) is 5.75 Å². The molecule has 0 aliphatic rings. The summed E-state index contributed by atoms with van der Waals surface area (Å²) in [6.45, 7) is 0.0414. The van der Waals surface area contributed by atoms with Crippen LogP contribution >= 0.6 is 0 Å². The van der Waals surface area contributed by atoms with Gasteiger partial charge < -0.3 is 30.2 Å². The van der Waals surface area contributed by atoms with E-state index < -0.39 is 30.1 Å². The van der Waals surface area contributed by atoms with Gasteiger partial charge in [0.15, 0.2) is 0 Å². The summed E-state index contributed by atoms with van der Waals surface area (Å²) >= 11 is 0. The summed E-state index contributed by atoms with van der Waals surface area (Å²) in [6.07, 6.45) is 1.32. The lowest BCUT2D eigenvalue weighted by molar-refractivity contribution is -0.145. The largest absolute Gasteiger partial charge is 0.508 e. The molecule has 0 aliphatic heterocycles. The summed E-state index contributed by atoms with van der Waals surface area (Å²) < 4.78 is 10.2. The third kappa shape index (κ3) is 6.91. The fraction of sp³-hybridized carbons (Fsp3) is 0.207. The van der Waals surface area contributed by atoms with Crippen LogP contribution in [0.15, 0.2) is 85.1 Å². The number of carbonyl (C=O) groups excluding carboxylic acids is 3. The molecule has 9 heteroatoms. The molecular weight excluding hydrogens is 486 g/mol. The van der Waals surface area contributed by atoms with E-state index in [1.54, 1.807) is 18.3 Å². The number of aromatic nitrogens is 1. The number of aromatic amines is 1. The normalized spacial score (nSPS) is 12.3. The lowest BCUT2D eigenvalue weighted by atomic mass is 10.0. The number of fused-ring (bicyclic) bond motifs is 1. The number of carbonyl (C=O) groups is 3. The Morgan fingerprint density at radius 3 is 2.29 bits per heavy atom. The second-order valence-corrected chi connectivity index (χ2v) is 8.78. The molecule has 196 valence electrons. The first-order valence-corrected chi connectivity index (χ1v) is 12.1. The lowest BCUT2D eigenvalue weighted by Gasteiger charge is -2.22. The number of esters is 1. The minimum atomic E-state index is -1.04. The molecule has 0 bridgehead atoms. The second kappa shape index (κ2) is 12.4. The number of benzene rings is 3. The van der Waals surface area contributed by atoms with Gasteiger partial charge in [-0.1, -0.05) is 60.7 Å². The number of ether oxygens (including phenoxy) is 2. The molecule has 0 aliphatic carbocycles. The van der Waals surface area contributed by atoms with Gasteiger partial charge in [0, 0.05) is 29.9 Å². The second-order valence-electron chi connectivity index (χ2n) is 8.78. The first-order chi connectivity index (χ1) is 18.4. The number of aromatic hydroxyl groups is 1. The third-order valence-electron chi connectivity index (χ3n) is 6.10. The predicted octanol–water partition coefficient (Wildman–Crippen LogP) is 3.61. The highest BCUT2D eigenvalue weighted by Crippen LogP contribution is 2.20. The van der Waals surface area contributed by atoms with Crippen molar-refractivity contribution in [2.45, 2.75) is 31.5 Å². The van der Waals surface area contributed by atoms with Crippen LogP contribution in [-0.4, -0.2) is 47.3 Å². The molecule has 0 radical (unpaired) electrons. The van der Waals surface area contributed by atoms with Gasteiger partial charge in [0.25, 0.3) is 0 Å². The quantitative estimate of drug-likeness (QED) is 0.239. The highest BCUT2D eigenvalue weighted by Gasteiger charge is 2.29. The molecule has 38 heavy (non-hydrogen) atoms. The minimum Gasteiger partial charge on any atom is -0.508 e. The van der Waals surface area contributed by atoms with Crippen LogP contribution in [0.25, 0.3) is 10.9 Å². The monoisotopic (exact) mass is 515 g/mol. The van der Waals surface area contributed by atoms with Gasteiger partial charge in [-0.15, -0.1) is 0 Å². The van der Waals surface area contributed by atoms with Gasteiger partial charge in [0.1, 0.15) is 24.4 Å². The van der Waals surface area contributed by atoms with Crippen LogP contribution in [0.2, 0.25) is 0 Å². The number of para-hydroxylation sites is 1. The van der Waals surface area contributed by atoms with Crippen LogP contribution in [0, 0.1) is 0 Å².